The standard InChI is InChI=1S/C16H20N2O2/c1-10-3-4-13-14(7-10)16(20)18(15(13)19)9-12-8-17-6-5-11(12)2/h3-4,7,11-12,17H,5-6,8-9H2,1-2H3. The quantitative estimate of drug-likeness (QED) is 0.836. The van der Waals surface area contributed by atoms with E-state index in [1.165, 1.54) is 4.90 Å². The molecule has 2 heterocycles. The number of imide groups is 1. The summed E-state index contributed by atoms with van der Waals surface area (Å²) in [7, 11) is 0. The Labute approximate surface area is 119 Å². The van der Waals surface area contributed by atoms with E-state index in [4.69, 9.17) is 0 Å². The second-order valence-electron chi connectivity index (χ2n) is 6.00. The maximum absolute atomic E-state index is 12.4. The lowest BCUT2D eigenvalue weighted by molar-refractivity contribution is 0.0601. The van der Waals surface area contributed by atoms with Gasteiger partial charge in [0.15, 0.2) is 0 Å². The number of nitrogens with one attached hydrogen (secondary N) is 1. The molecule has 20 heavy (non-hydrogen) atoms. The molecule has 4 heteroatoms. The van der Waals surface area contributed by atoms with Gasteiger partial charge in [-0.2, -0.15) is 0 Å². The maximum atomic E-state index is 12.4. The van der Waals surface area contributed by atoms with Gasteiger partial charge in [0.25, 0.3) is 11.8 Å². The highest BCUT2D eigenvalue weighted by atomic mass is 16.2. The number of carbonyl (C=O) groups is 2. The van der Waals surface area contributed by atoms with Crippen LogP contribution in [0.4, 0.5) is 0 Å². The molecule has 0 spiro atoms. The molecule has 0 radical (unpaired) electrons. The Morgan fingerprint density at radius 2 is 2.00 bits per heavy atom. The number of benzene rings is 1. The van der Waals surface area contributed by atoms with E-state index < -0.39 is 0 Å². The fraction of sp³-hybridized carbons (Fsp3) is 0.500. The van der Waals surface area contributed by atoms with E-state index in [0.29, 0.717) is 29.5 Å². The first kappa shape index (κ1) is 13.3. The van der Waals surface area contributed by atoms with Crippen LogP contribution in [-0.2, 0) is 0 Å². The van der Waals surface area contributed by atoms with Gasteiger partial charge in [0.05, 0.1) is 11.1 Å². The second kappa shape index (κ2) is 5.02. The van der Waals surface area contributed by atoms with Gasteiger partial charge < -0.3 is 5.32 Å². The van der Waals surface area contributed by atoms with Crippen LogP contribution in [0.1, 0.15) is 39.6 Å². The Balaban J connectivity index is 1.82. The van der Waals surface area contributed by atoms with Crippen LogP contribution in [0, 0.1) is 18.8 Å². The molecule has 0 saturated carbocycles. The molecule has 3 rings (SSSR count). The van der Waals surface area contributed by atoms with Gasteiger partial charge in [0, 0.05) is 6.54 Å². The van der Waals surface area contributed by atoms with Crippen molar-refractivity contribution in [3.8, 4) is 0 Å². The van der Waals surface area contributed by atoms with Crippen molar-refractivity contribution in [1.82, 2.24) is 10.2 Å². The van der Waals surface area contributed by atoms with Gasteiger partial charge in [-0.15, -0.1) is 0 Å². The van der Waals surface area contributed by atoms with Crippen LogP contribution in [0.2, 0.25) is 0 Å². The predicted molar refractivity (Wildman–Crippen MR) is 76.7 cm³/mol. The predicted octanol–water partition coefficient (Wildman–Crippen LogP) is 1.84. The average Bonchev–Trinajstić information content (AvgIpc) is 2.66. The summed E-state index contributed by atoms with van der Waals surface area (Å²) in [6.07, 6.45) is 1.10. The number of fused-ring (bicyclic) bond motifs is 1. The minimum atomic E-state index is -0.136. The van der Waals surface area contributed by atoms with Gasteiger partial charge in [-0.05, 0) is 50.4 Å². The van der Waals surface area contributed by atoms with Gasteiger partial charge in [0.1, 0.15) is 0 Å². The Morgan fingerprint density at radius 3 is 2.75 bits per heavy atom. The Hall–Kier alpha value is -1.68. The summed E-state index contributed by atoms with van der Waals surface area (Å²) in [6, 6.07) is 5.48. The third kappa shape index (κ3) is 2.14. The molecule has 2 atom stereocenters. The van der Waals surface area contributed by atoms with Gasteiger partial charge in [-0.3, -0.25) is 14.5 Å². The maximum Gasteiger partial charge on any atom is 0.261 e. The Bertz CT molecular complexity index is 568. The smallest absolute Gasteiger partial charge is 0.261 e. The third-order valence-electron chi connectivity index (χ3n) is 4.53. The number of amides is 2. The van der Waals surface area contributed by atoms with Crippen molar-refractivity contribution in [2.45, 2.75) is 20.3 Å². The van der Waals surface area contributed by atoms with Crippen molar-refractivity contribution in [2.75, 3.05) is 19.6 Å². The number of piperidine rings is 1. The molecule has 1 aromatic rings. The molecular weight excluding hydrogens is 252 g/mol. The summed E-state index contributed by atoms with van der Waals surface area (Å²) >= 11 is 0. The number of nitrogens with zero attached hydrogens (tertiary/aromatic N) is 1. The lowest BCUT2D eigenvalue weighted by Gasteiger charge is -2.31. The molecule has 2 amide bonds. The number of hydrogen-bond donors (Lipinski definition) is 1. The lowest BCUT2D eigenvalue weighted by Crippen LogP contribution is -2.44. The summed E-state index contributed by atoms with van der Waals surface area (Å²) in [4.78, 5) is 26.2. The van der Waals surface area contributed by atoms with Gasteiger partial charge >= 0.3 is 0 Å². The number of rotatable bonds is 2. The molecule has 1 N–H and O–H groups in total. The molecule has 2 aliphatic heterocycles. The molecule has 0 aliphatic carbocycles. The lowest BCUT2D eigenvalue weighted by atomic mass is 9.88. The first-order chi connectivity index (χ1) is 9.58. The van der Waals surface area contributed by atoms with Crippen molar-refractivity contribution in [3.63, 3.8) is 0 Å². The summed E-state index contributed by atoms with van der Waals surface area (Å²) in [6.45, 7) is 6.58. The first-order valence-corrected chi connectivity index (χ1v) is 7.25. The van der Waals surface area contributed by atoms with Crippen LogP contribution in [0.25, 0.3) is 0 Å². The molecule has 2 unspecified atom stereocenters. The topological polar surface area (TPSA) is 49.4 Å². The van der Waals surface area contributed by atoms with Gasteiger partial charge in [-0.25, -0.2) is 0 Å². The van der Waals surface area contributed by atoms with Crippen LogP contribution in [-0.4, -0.2) is 36.3 Å². The zero-order chi connectivity index (χ0) is 14.3. The molecule has 106 valence electrons. The van der Waals surface area contributed by atoms with E-state index >= 15 is 0 Å². The van der Waals surface area contributed by atoms with Crippen molar-refractivity contribution in [2.24, 2.45) is 11.8 Å². The van der Waals surface area contributed by atoms with E-state index in [2.05, 4.69) is 12.2 Å². The number of aryl methyl sites for hydroxylation is 1. The molecular formula is C16H20N2O2. The van der Waals surface area contributed by atoms with E-state index in [9.17, 15) is 9.59 Å². The fourth-order valence-electron chi connectivity index (χ4n) is 3.10. The molecule has 0 aromatic heterocycles. The summed E-state index contributed by atoms with van der Waals surface area (Å²) in [5, 5.41) is 3.35. The minimum absolute atomic E-state index is 0.133. The summed E-state index contributed by atoms with van der Waals surface area (Å²) < 4.78 is 0. The number of carbonyl (C=O) groups excluding carboxylic acids is 2. The van der Waals surface area contributed by atoms with Crippen LogP contribution in [0.5, 0.6) is 0 Å². The molecule has 2 aliphatic rings. The summed E-state index contributed by atoms with van der Waals surface area (Å²) in [5.41, 5.74) is 2.13. The zero-order valence-electron chi connectivity index (χ0n) is 12.0. The molecule has 4 nitrogen and oxygen atoms in total. The van der Waals surface area contributed by atoms with Crippen molar-refractivity contribution >= 4 is 11.8 Å². The third-order valence-corrected chi connectivity index (χ3v) is 4.53. The van der Waals surface area contributed by atoms with E-state index in [-0.39, 0.29) is 11.8 Å². The highest BCUT2D eigenvalue weighted by Gasteiger charge is 2.37. The van der Waals surface area contributed by atoms with Crippen LogP contribution < -0.4 is 5.32 Å². The van der Waals surface area contributed by atoms with E-state index in [0.717, 1.165) is 25.1 Å². The zero-order valence-corrected chi connectivity index (χ0v) is 12.0. The minimum Gasteiger partial charge on any atom is -0.316 e. The van der Waals surface area contributed by atoms with Crippen molar-refractivity contribution in [1.29, 1.82) is 0 Å². The second-order valence-corrected chi connectivity index (χ2v) is 6.00. The average molecular weight is 272 g/mol. The molecule has 1 fully saturated rings. The van der Waals surface area contributed by atoms with Crippen LogP contribution in [0.3, 0.4) is 0 Å². The van der Waals surface area contributed by atoms with E-state index in [1.807, 2.05) is 19.1 Å². The van der Waals surface area contributed by atoms with Gasteiger partial charge in [-0.1, -0.05) is 18.6 Å². The first-order valence-electron chi connectivity index (χ1n) is 7.25. The molecule has 1 aromatic carbocycles. The monoisotopic (exact) mass is 272 g/mol. The highest BCUT2D eigenvalue weighted by Crippen LogP contribution is 2.27. The Kier molecular flexibility index (Phi) is 3.34. The SMILES string of the molecule is Cc1ccc2c(c1)C(=O)N(CC1CNCCC1C)C2=O. The number of hydrogen-bond acceptors (Lipinski definition) is 3. The van der Waals surface area contributed by atoms with Gasteiger partial charge in [0.2, 0.25) is 0 Å². The summed E-state index contributed by atoms with van der Waals surface area (Å²) in [5.74, 6) is 0.628. The van der Waals surface area contributed by atoms with Crippen molar-refractivity contribution in [3.05, 3.63) is 34.9 Å². The highest BCUT2D eigenvalue weighted by molar-refractivity contribution is 6.21. The van der Waals surface area contributed by atoms with E-state index in [1.54, 1.807) is 6.07 Å². The van der Waals surface area contributed by atoms with Crippen molar-refractivity contribution < 1.29 is 9.59 Å². The largest absolute Gasteiger partial charge is 0.316 e. The normalized spacial score (nSPS) is 26.0. The Morgan fingerprint density at radius 1 is 1.25 bits per heavy atom. The fourth-order valence-corrected chi connectivity index (χ4v) is 3.10. The molecule has 0 bridgehead atoms. The van der Waals surface area contributed by atoms with Crippen LogP contribution in [0.15, 0.2) is 18.2 Å². The molecule has 1 saturated heterocycles. The van der Waals surface area contributed by atoms with Crippen LogP contribution >= 0.6 is 0 Å².